The van der Waals surface area contributed by atoms with Crippen LogP contribution in [0.1, 0.15) is 55.3 Å². The van der Waals surface area contributed by atoms with E-state index in [9.17, 15) is 9.90 Å². The fourth-order valence-corrected chi connectivity index (χ4v) is 4.72. The van der Waals surface area contributed by atoms with Gasteiger partial charge in [-0.1, -0.05) is 35.3 Å². The second-order valence-electron chi connectivity index (χ2n) is 7.87. The quantitative estimate of drug-likeness (QED) is 0.745. The fourth-order valence-electron chi connectivity index (χ4n) is 4.17. The Morgan fingerprint density at radius 2 is 2.11 bits per heavy atom. The predicted octanol–water partition coefficient (Wildman–Crippen LogP) is 5.32. The summed E-state index contributed by atoms with van der Waals surface area (Å²) in [6, 6.07) is 8.52. The lowest BCUT2D eigenvalue weighted by Crippen LogP contribution is -2.42. The number of aromatic nitrogens is 1. The molecule has 1 fully saturated rings. The molecule has 0 amide bonds. The standard InChI is InChI=1S/C21H20Cl2FNO2/c1-20(27)6-7-21(24,16-3-2-8-25-19(16)20)18(26)10-12-9-15(12)14-5-4-13(22)11-17(14)23/h2-5,8,11-12,15,27H,6-7,9-10H2,1H3/t12?,15?,20-,21-/m0/s1. The highest BCUT2D eigenvalue weighted by molar-refractivity contribution is 6.35. The highest BCUT2D eigenvalue weighted by Crippen LogP contribution is 2.54. The molecule has 2 aliphatic carbocycles. The van der Waals surface area contributed by atoms with Gasteiger partial charge in [-0.05, 0) is 61.8 Å². The summed E-state index contributed by atoms with van der Waals surface area (Å²) in [5.74, 6) is -0.210. The van der Waals surface area contributed by atoms with Gasteiger partial charge in [0.1, 0.15) is 5.60 Å². The molecular weight excluding hydrogens is 388 g/mol. The second-order valence-corrected chi connectivity index (χ2v) is 8.71. The lowest BCUT2D eigenvalue weighted by Gasteiger charge is -2.37. The van der Waals surface area contributed by atoms with Crippen molar-refractivity contribution < 1.29 is 14.3 Å². The summed E-state index contributed by atoms with van der Waals surface area (Å²) in [6.07, 6.45) is 2.60. The van der Waals surface area contributed by atoms with E-state index in [1.807, 2.05) is 6.07 Å². The van der Waals surface area contributed by atoms with E-state index in [-0.39, 0.29) is 42.4 Å². The van der Waals surface area contributed by atoms with Crippen LogP contribution in [0.3, 0.4) is 0 Å². The van der Waals surface area contributed by atoms with E-state index in [2.05, 4.69) is 4.98 Å². The minimum atomic E-state index is -2.09. The van der Waals surface area contributed by atoms with E-state index in [1.165, 1.54) is 6.20 Å². The van der Waals surface area contributed by atoms with Crippen molar-refractivity contribution in [3.63, 3.8) is 0 Å². The van der Waals surface area contributed by atoms with Crippen LogP contribution in [0.25, 0.3) is 0 Å². The smallest absolute Gasteiger partial charge is 0.195 e. The monoisotopic (exact) mass is 407 g/mol. The van der Waals surface area contributed by atoms with E-state index in [0.717, 1.165) is 12.0 Å². The number of nitrogens with zero attached hydrogens (tertiary/aromatic N) is 1. The van der Waals surface area contributed by atoms with Crippen molar-refractivity contribution in [2.45, 2.75) is 49.8 Å². The second kappa shape index (κ2) is 6.54. The van der Waals surface area contributed by atoms with Gasteiger partial charge in [0.25, 0.3) is 0 Å². The van der Waals surface area contributed by atoms with Crippen LogP contribution >= 0.6 is 23.2 Å². The molecule has 4 atom stereocenters. The topological polar surface area (TPSA) is 50.2 Å². The van der Waals surface area contributed by atoms with Gasteiger partial charge in [-0.2, -0.15) is 0 Å². The summed E-state index contributed by atoms with van der Waals surface area (Å²) in [5.41, 5.74) is -1.89. The maximum atomic E-state index is 15.8. The van der Waals surface area contributed by atoms with Gasteiger partial charge in [0.05, 0.1) is 5.69 Å². The Morgan fingerprint density at radius 3 is 2.85 bits per heavy atom. The molecule has 142 valence electrons. The number of fused-ring (bicyclic) bond motifs is 1. The number of aliphatic hydroxyl groups is 1. The number of pyridine rings is 1. The molecule has 0 spiro atoms. The van der Waals surface area contributed by atoms with Crippen LogP contribution in [0.5, 0.6) is 0 Å². The molecule has 1 N–H and O–H groups in total. The molecule has 1 aromatic carbocycles. The van der Waals surface area contributed by atoms with Crippen LogP contribution in [-0.4, -0.2) is 15.9 Å². The molecule has 2 unspecified atom stereocenters. The van der Waals surface area contributed by atoms with Crippen molar-refractivity contribution in [3.8, 4) is 0 Å². The molecule has 4 rings (SSSR count). The van der Waals surface area contributed by atoms with E-state index < -0.39 is 17.1 Å². The first kappa shape index (κ1) is 18.9. The Hall–Kier alpha value is -1.49. The van der Waals surface area contributed by atoms with Gasteiger partial charge in [-0.25, -0.2) is 4.39 Å². The number of rotatable bonds is 4. The molecule has 2 aliphatic rings. The number of hydrogen-bond donors (Lipinski definition) is 1. The number of Topliss-reactive ketones (excluding diaryl/α,β-unsaturated/α-hetero) is 1. The van der Waals surface area contributed by atoms with Crippen LogP contribution in [-0.2, 0) is 16.1 Å². The van der Waals surface area contributed by atoms with E-state index in [1.54, 1.807) is 31.2 Å². The molecule has 1 aromatic heterocycles. The Bertz CT molecular complexity index is 917. The number of ketones is 1. The van der Waals surface area contributed by atoms with Crippen molar-refractivity contribution in [2.24, 2.45) is 5.92 Å². The van der Waals surface area contributed by atoms with Gasteiger partial charge < -0.3 is 5.11 Å². The molecular formula is C21H20Cl2FNO2. The van der Waals surface area contributed by atoms with Crippen molar-refractivity contribution in [1.29, 1.82) is 0 Å². The summed E-state index contributed by atoms with van der Waals surface area (Å²) in [4.78, 5) is 17.1. The van der Waals surface area contributed by atoms with Crippen molar-refractivity contribution >= 4 is 29.0 Å². The Balaban J connectivity index is 1.54. The highest BCUT2D eigenvalue weighted by atomic mass is 35.5. The summed E-state index contributed by atoms with van der Waals surface area (Å²) in [7, 11) is 0. The first-order chi connectivity index (χ1) is 12.7. The molecule has 27 heavy (non-hydrogen) atoms. The molecule has 1 saturated carbocycles. The Morgan fingerprint density at radius 1 is 1.33 bits per heavy atom. The highest BCUT2D eigenvalue weighted by Gasteiger charge is 2.52. The van der Waals surface area contributed by atoms with Crippen LogP contribution in [0.2, 0.25) is 10.0 Å². The molecule has 0 saturated heterocycles. The molecule has 0 radical (unpaired) electrons. The average molecular weight is 408 g/mol. The molecule has 2 aromatic rings. The average Bonchev–Trinajstić information content (AvgIpc) is 3.37. The molecule has 0 aliphatic heterocycles. The van der Waals surface area contributed by atoms with Crippen molar-refractivity contribution in [1.82, 2.24) is 4.98 Å². The SMILES string of the molecule is C[C@]1(O)CC[C@@](F)(C(=O)CC2CC2c2ccc(Cl)cc2Cl)c2cccnc21. The first-order valence-corrected chi connectivity index (χ1v) is 9.83. The van der Waals surface area contributed by atoms with Gasteiger partial charge in [-0.3, -0.25) is 9.78 Å². The number of carbonyl (C=O) groups is 1. The number of benzene rings is 1. The lowest BCUT2D eigenvalue weighted by molar-refractivity contribution is -0.134. The zero-order valence-electron chi connectivity index (χ0n) is 14.9. The summed E-state index contributed by atoms with van der Waals surface area (Å²) in [6.45, 7) is 1.61. The normalized spacial score (nSPS) is 32.0. The Labute approximate surface area is 167 Å². The van der Waals surface area contributed by atoms with Crippen LogP contribution in [0.4, 0.5) is 4.39 Å². The largest absolute Gasteiger partial charge is 0.384 e. The van der Waals surface area contributed by atoms with Crippen LogP contribution in [0, 0.1) is 5.92 Å². The summed E-state index contributed by atoms with van der Waals surface area (Å²) < 4.78 is 15.8. The van der Waals surface area contributed by atoms with E-state index in [4.69, 9.17) is 23.2 Å². The zero-order chi connectivity index (χ0) is 19.4. The summed E-state index contributed by atoms with van der Waals surface area (Å²) in [5, 5.41) is 11.7. The minimum absolute atomic E-state index is 0.0311. The van der Waals surface area contributed by atoms with Gasteiger partial charge in [0, 0.05) is 28.2 Å². The van der Waals surface area contributed by atoms with E-state index in [0.29, 0.717) is 10.0 Å². The minimum Gasteiger partial charge on any atom is -0.384 e. The lowest BCUT2D eigenvalue weighted by atomic mass is 9.73. The summed E-state index contributed by atoms with van der Waals surface area (Å²) >= 11 is 12.2. The molecule has 1 heterocycles. The van der Waals surface area contributed by atoms with E-state index >= 15 is 4.39 Å². The molecule has 0 bridgehead atoms. The maximum Gasteiger partial charge on any atom is 0.195 e. The van der Waals surface area contributed by atoms with Gasteiger partial charge in [-0.15, -0.1) is 0 Å². The van der Waals surface area contributed by atoms with Crippen molar-refractivity contribution in [3.05, 3.63) is 63.4 Å². The third kappa shape index (κ3) is 3.28. The number of hydrogen-bond acceptors (Lipinski definition) is 3. The van der Waals surface area contributed by atoms with Crippen molar-refractivity contribution in [2.75, 3.05) is 0 Å². The van der Waals surface area contributed by atoms with Crippen LogP contribution < -0.4 is 0 Å². The fraction of sp³-hybridized carbons (Fsp3) is 0.429. The van der Waals surface area contributed by atoms with Gasteiger partial charge in [0.15, 0.2) is 11.5 Å². The maximum absolute atomic E-state index is 15.8. The van der Waals surface area contributed by atoms with Gasteiger partial charge >= 0.3 is 0 Å². The van der Waals surface area contributed by atoms with Crippen LogP contribution in [0.15, 0.2) is 36.5 Å². The number of carbonyl (C=O) groups excluding carboxylic acids is 1. The predicted molar refractivity (Wildman–Crippen MR) is 103 cm³/mol. The number of halogens is 3. The Kier molecular flexibility index (Phi) is 4.57. The zero-order valence-corrected chi connectivity index (χ0v) is 16.4. The third-order valence-corrected chi connectivity index (χ3v) is 6.44. The third-order valence-electron chi connectivity index (χ3n) is 5.88. The number of alkyl halides is 1. The molecule has 3 nitrogen and oxygen atoms in total. The molecule has 6 heteroatoms. The van der Waals surface area contributed by atoms with Gasteiger partial charge in [0.2, 0.25) is 0 Å². The first-order valence-electron chi connectivity index (χ1n) is 9.08.